The highest BCUT2D eigenvalue weighted by atomic mass is 32.2. The van der Waals surface area contributed by atoms with Gasteiger partial charge in [-0.25, -0.2) is 18.4 Å². The van der Waals surface area contributed by atoms with Gasteiger partial charge in [0.15, 0.2) is 6.61 Å². The number of hydrogen-bond acceptors (Lipinski definition) is 8. The van der Waals surface area contributed by atoms with Crippen LogP contribution in [0.4, 0.5) is 5.69 Å². The molecule has 1 aliphatic rings. The molecule has 0 saturated heterocycles. The molecule has 2 N–H and O–H groups in total. The number of nitrogens with two attached hydrogens (primary N) is 1. The van der Waals surface area contributed by atoms with E-state index in [-0.39, 0.29) is 11.5 Å². The van der Waals surface area contributed by atoms with Crippen molar-refractivity contribution in [1.29, 1.82) is 5.26 Å². The number of anilines is 1. The summed E-state index contributed by atoms with van der Waals surface area (Å²) in [7, 11) is -3.85. The van der Waals surface area contributed by atoms with Gasteiger partial charge in [0.25, 0.3) is 5.91 Å². The van der Waals surface area contributed by atoms with Gasteiger partial charge in [-0.15, -0.1) is 0 Å². The summed E-state index contributed by atoms with van der Waals surface area (Å²) in [6.07, 6.45) is 1.57. The third kappa shape index (κ3) is 5.03. The second-order valence-electron chi connectivity index (χ2n) is 7.41. The van der Waals surface area contributed by atoms with E-state index in [0.29, 0.717) is 39.6 Å². The Balaban J connectivity index is 1.52. The van der Waals surface area contributed by atoms with Gasteiger partial charge in [0.1, 0.15) is 17.6 Å². The fraction of sp³-hybridized carbons (Fsp3) is 0.0833. The summed E-state index contributed by atoms with van der Waals surface area (Å²) in [5, 5.41) is 19.1. The van der Waals surface area contributed by atoms with Gasteiger partial charge in [-0.05, 0) is 61.5 Å². The van der Waals surface area contributed by atoms with Gasteiger partial charge < -0.3 is 9.15 Å². The summed E-state index contributed by atoms with van der Waals surface area (Å²) >= 11 is 0. The van der Waals surface area contributed by atoms with Gasteiger partial charge in [-0.3, -0.25) is 4.79 Å². The van der Waals surface area contributed by atoms with Crippen LogP contribution in [-0.2, 0) is 19.6 Å². The fourth-order valence-corrected chi connectivity index (χ4v) is 3.83. The molecular weight excluding hydrogens is 472 g/mol. The molecule has 2 heterocycles. The molecule has 0 fully saturated rings. The van der Waals surface area contributed by atoms with Crippen molar-refractivity contribution in [3.63, 3.8) is 0 Å². The second-order valence-corrected chi connectivity index (χ2v) is 8.97. The molecule has 3 aromatic rings. The summed E-state index contributed by atoms with van der Waals surface area (Å²) in [4.78, 5) is 24.7. The van der Waals surface area contributed by atoms with Gasteiger partial charge in [0.2, 0.25) is 10.0 Å². The Morgan fingerprint density at radius 3 is 2.46 bits per heavy atom. The number of esters is 1. The van der Waals surface area contributed by atoms with Crippen LogP contribution in [0.25, 0.3) is 17.4 Å². The minimum absolute atomic E-state index is 0.0698. The highest BCUT2D eigenvalue weighted by Gasteiger charge is 2.29. The van der Waals surface area contributed by atoms with E-state index in [1.165, 1.54) is 29.3 Å². The maximum absolute atomic E-state index is 13.0. The van der Waals surface area contributed by atoms with E-state index in [9.17, 15) is 18.0 Å². The number of nitrogens with zero attached hydrogens (tertiary/aromatic N) is 3. The first-order valence-corrected chi connectivity index (χ1v) is 11.7. The number of nitriles is 1. The predicted octanol–water partition coefficient (Wildman–Crippen LogP) is 3.08. The number of rotatable bonds is 6. The lowest BCUT2D eigenvalue weighted by molar-refractivity contribution is -0.114. The molecule has 0 saturated carbocycles. The van der Waals surface area contributed by atoms with Crippen LogP contribution in [0.2, 0.25) is 0 Å². The molecule has 35 heavy (non-hydrogen) atoms. The van der Waals surface area contributed by atoms with Crippen molar-refractivity contribution >= 4 is 39.4 Å². The van der Waals surface area contributed by atoms with Crippen LogP contribution < -0.4 is 10.1 Å². The van der Waals surface area contributed by atoms with Crippen LogP contribution in [0.1, 0.15) is 23.0 Å². The lowest BCUT2D eigenvalue weighted by Crippen LogP contribution is -2.21. The van der Waals surface area contributed by atoms with Crippen molar-refractivity contribution in [2.24, 2.45) is 10.2 Å². The van der Waals surface area contributed by atoms with E-state index in [4.69, 9.17) is 19.6 Å². The molecule has 0 unspecified atom stereocenters. The first kappa shape index (κ1) is 23.6. The molecule has 0 atom stereocenters. The molecule has 1 amide bonds. The van der Waals surface area contributed by atoms with Crippen LogP contribution in [0, 0.1) is 11.3 Å². The fourth-order valence-electron chi connectivity index (χ4n) is 3.32. The van der Waals surface area contributed by atoms with Crippen molar-refractivity contribution in [1.82, 2.24) is 0 Å². The van der Waals surface area contributed by atoms with E-state index >= 15 is 0 Å². The monoisotopic (exact) mass is 490 g/mol. The molecule has 176 valence electrons. The number of hydrazone groups is 1. The number of amides is 1. The molecule has 1 aliphatic heterocycles. The number of hydrogen-bond donors (Lipinski definition) is 1. The van der Waals surface area contributed by atoms with Gasteiger partial charge in [0.05, 0.1) is 27.4 Å². The Kier molecular flexibility index (Phi) is 6.33. The zero-order valence-corrected chi connectivity index (χ0v) is 19.2. The van der Waals surface area contributed by atoms with E-state index in [2.05, 4.69) is 5.10 Å². The molecule has 4 rings (SSSR count). The third-order valence-electron chi connectivity index (χ3n) is 5.06. The minimum atomic E-state index is -3.85. The zero-order valence-electron chi connectivity index (χ0n) is 18.3. The summed E-state index contributed by atoms with van der Waals surface area (Å²) in [5.74, 6) is -0.0588. The standard InChI is InChI=1S/C24H18N4O6S/c1-15-21(23(29)28(27-15)18-6-9-20(10-7-18)35(26,31)32)14-19-8-11-22(34-19)16-2-4-17(5-3-16)24(30)33-13-12-25/h2-11,14H,13H2,1H3,(H2,26,31,32). The van der Waals surface area contributed by atoms with Gasteiger partial charge in [-0.1, -0.05) is 12.1 Å². The van der Waals surface area contributed by atoms with Crippen LogP contribution >= 0.6 is 0 Å². The highest BCUT2D eigenvalue weighted by Crippen LogP contribution is 2.28. The van der Waals surface area contributed by atoms with Crippen molar-refractivity contribution in [2.75, 3.05) is 11.6 Å². The summed E-state index contributed by atoms with van der Waals surface area (Å²) < 4.78 is 33.5. The smallest absolute Gasteiger partial charge is 0.339 e. The highest BCUT2D eigenvalue weighted by molar-refractivity contribution is 7.89. The number of sulfonamides is 1. The maximum Gasteiger partial charge on any atom is 0.339 e. The average molecular weight is 490 g/mol. The Labute approximate surface area is 200 Å². The normalized spacial score (nSPS) is 14.7. The van der Waals surface area contributed by atoms with Crippen LogP contribution in [0.5, 0.6) is 0 Å². The number of benzene rings is 2. The predicted molar refractivity (Wildman–Crippen MR) is 126 cm³/mol. The van der Waals surface area contributed by atoms with Crippen LogP contribution in [0.3, 0.4) is 0 Å². The first-order valence-electron chi connectivity index (χ1n) is 10.2. The number of primary sulfonamides is 1. The van der Waals surface area contributed by atoms with Gasteiger partial charge in [-0.2, -0.15) is 15.4 Å². The molecule has 0 radical (unpaired) electrons. The van der Waals surface area contributed by atoms with Crippen molar-refractivity contribution in [3.8, 4) is 17.4 Å². The van der Waals surface area contributed by atoms with E-state index < -0.39 is 21.9 Å². The van der Waals surface area contributed by atoms with E-state index in [0.717, 1.165) is 0 Å². The number of furan rings is 1. The minimum Gasteiger partial charge on any atom is -0.457 e. The van der Waals surface area contributed by atoms with Crippen molar-refractivity contribution in [3.05, 3.63) is 77.6 Å². The van der Waals surface area contributed by atoms with Gasteiger partial charge in [0, 0.05) is 5.56 Å². The Hall–Kier alpha value is -4.53. The van der Waals surface area contributed by atoms with Gasteiger partial charge >= 0.3 is 5.97 Å². The SMILES string of the molecule is CC1=NN(c2ccc(S(N)(=O)=O)cc2)C(=O)C1=Cc1ccc(-c2ccc(C(=O)OCC#N)cc2)o1. The Morgan fingerprint density at radius 2 is 1.83 bits per heavy atom. The average Bonchev–Trinajstić information content (AvgIpc) is 3.42. The lowest BCUT2D eigenvalue weighted by atomic mass is 10.1. The molecule has 1 aromatic heterocycles. The van der Waals surface area contributed by atoms with Crippen LogP contribution in [-0.4, -0.2) is 32.6 Å². The summed E-state index contributed by atoms with van der Waals surface area (Å²) in [6, 6.07) is 17.1. The number of carbonyl (C=O) groups excluding carboxylic acids is 2. The Morgan fingerprint density at radius 1 is 1.14 bits per heavy atom. The molecular formula is C24H18N4O6S. The third-order valence-corrected chi connectivity index (χ3v) is 5.99. The van der Waals surface area contributed by atoms with Crippen molar-refractivity contribution in [2.45, 2.75) is 11.8 Å². The first-order chi connectivity index (χ1) is 16.7. The van der Waals surface area contributed by atoms with E-state index in [1.54, 1.807) is 55.5 Å². The summed E-state index contributed by atoms with van der Waals surface area (Å²) in [6.45, 7) is 1.35. The summed E-state index contributed by atoms with van der Waals surface area (Å²) in [5.41, 5.74) is 2.17. The molecule has 0 aliphatic carbocycles. The molecule has 10 nitrogen and oxygen atoms in total. The molecule has 2 aromatic carbocycles. The maximum atomic E-state index is 13.0. The van der Waals surface area contributed by atoms with E-state index in [1.807, 2.05) is 0 Å². The molecule has 0 spiro atoms. The lowest BCUT2D eigenvalue weighted by Gasteiger charge is -2.11. The van der Waals surface area contributed by atoms with Crippen molar-refractivity contribution < 1.29 is 27.2 Å². The van der Waals surface area contributed by atoms with Crippen LogP contribution in [0.15, 0.2) is 80.7 Å². The topological polar surface area (TPSA) is 156 Å². The molecule has 0 bridgehead atoms. The largest absolute Gasteiger partial charge is 0.457 e. The molecule has 11 heteroatoms. The number of ether oxygens (including phenoxy) is 1. The Bertz CT molecular complexity index is 1510. The second kappa shape index (κ2) is 9.38. The number of carbonyl (C=O) groups is 2. The zero-order chi connectivity index (χ0) is 25.2. The quantitative estimate of drug-likeness (QED) is 0.411.